The number of pyridine rings is 1. The monoisotopic (exact) mass is 312 g/mol. The molecule has 0 radical (unpaired) electrons. The molecule has 0 aromatic carbocycles. The highest BCUT2D eigenvalue weighted by atomic mass is 35.5. The lowest BCUT2D eigenvalue weighted by atomic mass is 9.94. The smallest absolute Gasteiger partial charge is 0.128 e. The first kappa shape index (κ1) is 18.2. The molecule has 1 fully saturated rings. The number of halogens is 1. The summed E-state index contributed by atoms with van der Waals surface area (Å²) in [4.78, 5) is 9.25. The van der Waals surface area contributed by atoms with Crippen molar-refractivity contribution in [1.29, 1.82) is 0 Å². The van der Waals surface area contributed by atoms with Crippen molar-refractivity contribution < 1.29 is 0 Å². The summed E-state index contributed by atoms with van der Waals surface area (Å²) in [5.74, 6) is 1.84. The minimum absolute atomic E-state index is 0. The summed E-state index contributed by atoms with van der Waals surface area (Å²) in [7, 11) is 2.07. The van der Waals surface area contributed by atoms with E-state index in [1.165, 1.54) is 31.5 Å². The summed E-state index contributed by atoms with van der Waals surface area (Å²) < 4.78 is 0. The fourth-order valence-corrected chi connectivity index (χ4v) is 2.92. The second kappa shape index (κ2) is 9.23. The van der Waals surface area contributed by atoms with Crippen LogP contribution < -0.4 is 10.6 Å². The molecular weight excluding hydrogens is 284 g/mol. The predicted octanol–water partition coefficient (Wildman–Crippen LogP) is 2.52. The molecular formula is C16H29ClN4. The van der Waals surface area contributed by atoms with E-state index in [1.807, 2.05) is 6.20 Å². The Kier molecular flexibility index (Phi) is 8.01. The topological polar surface area (TPSA) is 45.4 Å². The van der Waals surface area contributed by atoms with E-state index >= 15 is 0 Å². The summed E-state index contributed by atoms with van der Waals surface area (Å²) in [5.41, 5.74) is 6.99. The maximum Gasteiger partial charge on any atom is 0.128 e. The van der Waals surface area contributed by atoms with Crippen molar-refractivity contribution in [2.75, 3.05) is 38.1 Å². The van der Waals surface area contributed by atoms with Crippen molar-refractivity contribution in [2.24, 2.45) is 11.7 Å². The Morgan fingerprint density at radius 2 is 2.24 bits per heavy atom. The minimum Gasteiger partial charge on any atom is -0.360 e. The van der Waals surface area contributed by atoms with Crippen LogP contribution in [0.2, 0.25) is 0 Å². The molecule has 0 spiro atoms. The van der Waals surface area contributed by atoms with Gasteiger partial charge in [-0.15, -0.1) is 12.4 Å². The van der Waals surface area contributed by atoms with E-state index < -0.39 is 0 Å². The van der Waals surface area contributed by atoms with Crippen LogP contribution in [0, 0.1) is 5.92 Å². The molecule has 0 saturated carbocycles. The van der Waals surface area contributed by atoms with Crippen molar-refractivity contribution in [3.8, 4) is 0 Å². The number of anilines is 1. The molecule has 1 aliphatic rings. The highest BCUT2D eigenvalue weighted by Gasteiger charge is 2.19. The average molecular weight is 313 g/mol. The molecule has 1 unspecified atom stereocenters. The second-order valence-electron chi connectivity index (χ2n) is 5.86. The number of likely N-dealkylation sites (tertiary alicyclic amines) is 1. The Hall–Kier alpha value is -0.840. The van der Waals surface area contributed by atoms with Crippen LogP contribution in [0.5, 0.6) is 0 Å². The summed E-state index contributed by atoms with van der Waals surface area (Å²) in [6.07, 6.45) is 5.82. The summed E-state index contributed by atoms with van der Waals surface area (Å²) in [5, 5.41) is 0. The molecule has 1 aromatic heterocycles. The Balaban J connectivity index is 0.00000220. The molecule has 2 heterocycles. The van der Waals surface area contributed by atoms with Crippen LogP contribution in [-0.2, 0) is 6.54 Å². The van der Waals surface area contributed by atoms with E-state index in [0.717, 1.165) is 37.8 Å². The molecule has 0 bridgehead atoms. The molecule has 0 aliphatic carbocycles. The largest absolute Gasteiger partial charge is 0.360 e. The van der Waals surface area contributed by atoms with Gasteiger partial charge >= 0.3 is 0 Å². The van der Waals surface area contributed by atoms with Gasteiger partial charge in [0, 0.05) is 32.9 Å². The first-order valence-electron chi connectivity index (χ1n) is 7.81. The molecule has 4 nitrogen and oxygen atoms in total. The molecule has 1 aliphatic heterocycles. The third-order valence-corrected chi connectivity index (χ3v) is 4.26. The van der Waals surface area contributed by atoms with Gasteiger partial charge in [0.1, 0.15) is 5.82 Å². The lowest BCUT2D eigenvalue weighted by Gasteiger charge is -2.32. The molecule has 2 N–H and O–H groups in total. The quantitative estimate of drug-likeness (QED) is 0.876. The Bertz CT molecular complexity index is 394. The van der Waals surface area contributed by atoms with E-state index in [-0.39, 0.29) is 12.4 Å². The maximum atomic E-state index is 5.68. The molecule has 1 aromatic rings. The molecule has 5 heteroatoms. The number of rotatable bonds is 6. The number of hydrogen-bond acceptors (Lipinski definition) is 4. The molecule has 0 amide bonds. The zero-order chi connectivity index (χ0) is 14.4. The van der Waals surface area contributed by atoms with Gasteiger partial charge in [0.05, 0.1) is 0 Å². The van der Waals surface area contributed by atoms with Crippen LogP contribution in [-0.4, -0.2) is 43.1 Å². The van der Waals surface area contributed by atoms with Gasteiger partial charge in [0.2, 0.25) is 0 Å². The van der Waals surface area contributed by atoms with Crippen molar-refractivity contribution in [2.45, 2.75) is 32.7 Å². The number of aromatic nitrogens is 1. The first-order chi connectivity index (χ1) is 9.72. The highest BCUT2D eigenvalue weighted by molar-refractivity contribution is 5.85. The van der Waals surface area contributed by atoms with Crippen LogP contribution in [0.4, 0.5) is 5.82 Å². The highest BCUT2D eigenvalue weighted by Crippen LogP contribution is 2.21. The van der Waals surface area contributed by atoms with Crippen LogP contribution >= 0.6 is 12.4 Å². The summed E-state index contributed by atoms with van der Waals surface area (Å²) >= 11 is 0. The van der Waals surface area contributed by atoms with E-state index in [1.54, 1.807) is 0 Å². The van der Waals surface area contributed by atoms with Crippen LogP contribution in [0.1, 0.15) is 31.7 Å². The lowest BCUT2D eigenvalue weighted by Crippen LogP contribution is -2.35. The van der Waals surface area contributed by atoms with E-state index in [2.05, 4.69) is 40.9 Å². The van der Waals surface area contributed by atoms with Crippen LogP contribution in [0.3, 0.4) is 0 Å². The van der Waals surface area contributed by atoms with Gasteiger partial charge in [-0.1, -0.05) is 6.07 Å². The van der Waals surface area contributed by atoms with Gasteiger partial charge in [0.25, 0.3) is 0 Å². The fourth-order valence-electron chi connectivity index (χ4n) is 2.92. The lowest BCUT2D eigenvalue weighted by molar-refractivity contribution is 0.163. The molecule has 1 saturated heterocycles. The zero-order valence-electron chi connectivity index (χ0n) is 13.3. The van der Waals surface area contributed by atoms with Gasteiger partial charge in [0.15, 0.2) is 0 Å². The van der Waals surface area contributed by atoms with Gasteiger partial charge < -0.3 is 10.6 Å². The fraction of sp³-hybridized carbons (Fsp3) is 0.688. The first-order valence-corrected chi connectivity index (χ1v) is 7.81. The molecule has 1 atom stereocenters. The standard InChI is InChI=1S/C16H28N4.ClH/c1-3-19(2)16-7-6-15(11-18-16)13-20-10-4-5-14(12-20)8-9-17;/h6-7,11,14H,3-5,8-10,12-13,17H2,1-2H3;1H. The summed E-state index contributed by atoms with van der Waals surface area (Å²) in [6, 6.07) is 4.33. The summed E-state index contributed by atoms with van der Waals surface area (Å²) in [6.45, 7) is 7.36. The number of piperidine rings is 1. The molecule has 2 rings (SSSR count). The number of nitrogens with two attached hydrogens (primary N) is 1. The van der Waals surface area contributed by atoms with Crippen LogP contribution in [0.15, 0.2) is 18.3 Å². The van der Waals surface area contributed by atoms with Gasteiger partial charge in [-0.25, -0.2) is 4.98 Å². The third kappa shape index (κ3) is 5.46. The normalized spacial score (nSPS) is 19.1. The van der Waals surface area contributed by atoms with Crippen LogP contribution in [0.25, 0.3) is 0 Å². The molecule has 21 heavy (non-hydrogen) atoms. The Morgan fingerprint density at radius 3 is 2.86 bits per heavy atom. The van der Waals surface area contributed by atoms with Crippen molar-refractivity contribution in [1.82, 2.24) is 9.88 Å². The average Bonchev–Trinajstić information content (AvgIpc) is 2.48. The van der Waals surface area contributed by atoms with Crippen molar-refractivity contribution in [3.05, 3.63) is 23.9 Å². The molecule has 120 valence electrons. The zero-order valence-corrected chi connectivity index (χ0v) is 14.1. The SMILES string of the molecule is CCN(C)c1ccc(CN2CCCC(CCN)C2)cn1.Cl. The van der Waals surface area contributed by atoms with E-state index in [4.69, 9.17) is 5.73 Å². The second-order valence-corrected chi connectivity index (χ2v) is 5.86. The Labute approximate surface area is 135 Å². The van der Waals surface area contributed by atoms with Gasteiger partial charge in [-0.3, -0.25) is 4.90 Å². The Morgan fingerprint density at radius 1 is 1.43 bits per heavy atom. The third-order valence-electron chi connectivity index (χ3n) is 4.26. The van der Waals surface area contributed by atoms with E-state index in [0.29, 0.717) is 0 Å². The van der Waals surface area contributed by atoms with Crippen molar-refractivity contribution >= 4 is 18.2 Å². The van der Waals surface area contributed by atoms with Crippen molar-refractivity contribution in [3.63, 3.8) is 0 Å². The number of hydrogen-bond donors (Lipinski definition) is 1. The predicted molar refractivity (Wildman–Crippen MR) is 92.1 cm³/mol. The minimum atomic E-state index is 0. The maximum absolute atomic E-state index is 5.68. The van der Waals surface area contributed by atoms with Gasteiger partial charge in [-0.05, 0) is 56.8 Å². The number of nitrogens with zero attached hydrogens (tertiary/aromatic N) is 3. The van der Waals surface area contributed by atoms with Gasteiger partial charge in [-0.2, -0.15) is 0 Å². The van der Waals surface area contributed by atoms with E-state index in [9.17, 15) is 0 Å².